The maximum Gasteiger partial charge on any atom is 0.222 e. The van der Waals surface area contributed by atoms with Crippen LogP contribution in [0.15, 0.2) is 42.5 Å². The molecule has 1 amide bonds. The molecule has 8 heteroatoms. The van der Waals surface area contributed by atoms with Gasteiger partial charge in [-0.25, -0.2) is 4.68 Å². The van der Waals surface area contributed by atoms with Crippen LogP contribution >= 0.6 is 0 Å². The molecule has 1 aliphatic heterocycles. The van der Waals surface area contributed by atoms with Crippen LogP contribution in [0.5, 0.6) is 0 Å². The fourth-order valence-electron chi connectivity index (χ4n) is 4.82. The first-order chi connectivity index (χ1) is 16.0. The van der Waals surface area contributed by atoms with E-state index in [0.717, 1.165) is 48.7 Å². The summed E-state index contributed by atoms with van der Waals surface area (Å²) in [6.07, 6.45) is 3.30. The highest BCUT2D eigenvalue weighted by Crippen LogP contribution is 2.23. The van der Waals surface area contributed by atoms with E-state index in [4.69, 9.17) is 5.10 Å². The molecule has 34 heavy (non-hydrogen) atoms. The highest BCUT2D eigenvalue weighted by atomic mass is 16.2. The first kappa shape index (κ1) is 23.6. The van der Waals surface area contributed by atoms with Gasteiger partial charge in [0.2, 0.25) is 5.91 Å². The SMILES string of the molecule is C.Cc1nn(-c2ccc3nnc(C)n3n2)c(C)c1CCC(=O)N1CCC(Cc2ccccc2)C1. The lowest BCUT2D eigenvalue weighted by molar-refractivity contribution is -0.130. The van der Waals surface area contributed by atoms with Crippen LogP contribution in [-0.2, 0) is 17.6 Å². The second-order valence-corrected chi connectivity index (χ2v) is 8.95. The second kappa shape index (κ2) is 9.75. The molecule has 1 unspecified atom stereocenters. The standard InChI is InChI=1S/C25H29N7O.CH4/c1-17-22(18(2)31(28-17)24-11-10-23-27-26-19(3)32(23)29-24)9-12-25(33)30-14-13-21(16-30)15-20-7-5-4-6-8-20;/h4-8,10-11,21H,9,12-16H2,1-3H3;1H4. The quantitative estimate of drug-likeness (QED) is 0.437. The number of hydrogen-bond acceptors (Lipinski definition) is 5. The first-order valence-corrected chi connectivity index (χ1v) is 11.6. The molecular formula is C26H33N7O. The van der Waals surface area contributed by atoms with Gasteiger partial charge in [0, 0.05) is 25.2 Å². The van der Waals surface area contributed by atoms with Crippen LogP contribution in [0.2, 0.25) is 0 Å². The molecule has 4 heterocycles. The van der Waals surface area contributed by atoms with Crippen LogP contribution in [0.4, 0.5) is 0 Å². The summed E-state index contributed by atoms with van der Waals surface area (Å²) in [4.78, 5) is 15.0. The fraction of sp³-hybridized carbons (Fsp3) is 0.423. The Kier molecular flexibility index (Phi) is 6.77. The van der Waals surface area contributed by atoms with Gasteiger partial charge in [0.25, 0.3) is 0 Å². The zero-order chi connectivity index (χ0) is 22.9. The van der Waals surface area contributed by atoms with Crippen LogP contribution in [0, 0.1) is 26.7 Å². The zero-order valence-corrected chi connectivity index (χ0v) is 19.4. The average Bonchev–Trinajstić information content (AvgIpc) is 3.51. The molecule has 3 aromatic heterocycles. The summed E-state index contributed by atoms with van der Waals surface area (Å²) in [6.45, 7) is 7.62. The summed E-state index contributed by atoms with van der Waals surface area (Å²) in [5.41, 5.74) is 5.13. The van der Waals surface area contributed by atoms with E-state index >= 15 is 0 Å². The Bertz CT molecular complexity index is 1290. The van der Waals surface area contributed by atoms with Gasteiger partial charge < -0.3 is 4.90 Å². The number of nitrogens with zero attached hydrogens (tertiary/aromatic N) is 7. The molecule has 0 aliphatic carbocycles. The van der Waals surface area contributed by atoms with Gasteiger partial charge in [-0.05, 0) is 69.2 Å². The lowest BCUT2D eigenvalue weighted by atomic mass is 9.99. The second-order valence-electron chi connectivity index (χ2n) is 8.95. The maximum absolute atomic E-state index is 12.9. The lowest BCUT2D eigenvalue weighted by Gasteiger charge is -2.17. The minimum atomic E-state index is 0. The molecule has 0 spiro atoms. The molecule has 1 aromatic carbocycles. The number of carbonyl (C=O) groups excluding carboxylic acids is 1. The topological polar surface area (TPSA) is 81.2 Å². The van der Waals surface area contributed by atoms with Gasteiger partial charge in [-0.2, -0.15) is 9.61 Å². The van der Waals surface area contributed by atoms with E-state index in [1.54, 1.807) is 4.52 Å². The van der Waals surface area contributed by atoms with Gasteiger partial charge in [-0.15, -0.1) is 15.3 Å². The van der Waals surface area contributed by atoms with Crippen LogP contribution in [0.3, 0.4) is 0 Å². The molecular weight excluding hydrogens is 426 g/mol. The molecule has 1 aliphatic rings. The Hall–Kier alpha value is -3.55. The van der Waals surface area contributed by atoms with Crippen molar-refractivity contribution in [1.82, 2.24) is 34.5 Å². The van der Waals surface area contributed by atoms with Gasteiger partial charge in [0.1, 0.15) is 0 Å². The maximum atomic E-state index is 12.9. The highest BCUT2D eigenvalue weighted by molar-refractivity contribution is 5.76. The first-order valence-electron chi connectivity index (χ1n) is 11.6. The van der Waals surface area contributed by atoms with E-state index < -0.39 is 0 Å². The smallest absolute Gasteiger partial charge is 0.222 e. The lowest BCUT2D eigenvalue weighted by Crippen LogP contribution is -2.29. The Labute approximate surface area is 200 Å². The van der Waals surface area contributed by atoms with Crippen LogP contribution < -0.4 is 0 Å². The Morgan fingerprint density at radius 1 is 1.03 bits per heavy atom. The van der Waals surface area contributed by atoms with Crippen molar-refractivity contribution in [3.05, 3.63) is 70.8 Å². The molecule has 178 valence electrons. The zero-order valence-electron chi connectivity index (χ0n) is 19.4. The van der Waals surface area contributed by atoms with Crippen LogP contribution in [-0.4, -0.2) is 53.5 Å². The van der Waals surface area contributed by atoms with Crippen molar-refractivity contribution in [2.24, 2.45) is 5.92 Å². The molecule has 0 saturated carbocycles. The molecule has 8 nitrogen and oxygen atoms in total. The third-order valence-electron chi connectivity index (χ3n) is 6.66. The van der Waals surface area contributed by atoms with Crippen molar-refractivity contribution in [2.75, 3.05) is 13.1 Å². The Morgan fingerprint density at radius 2 is 1.82 bits per heavy atom. The molecule has 0 bridgehead atoms. The van der Waals surface area contributed by atoms with Crippen molar-refractivity contribution in [2.45, 2.75) is 53.9 Å². The number of carbonyl (C=O) groups is 1. The predicted molar refractivity (Wildman–Crippen MR) is 132 cm³/mol. The number of benzene rings is 1. The highest BCUT2D eigenvalue weighted by Gasteiger charge is 2.26. The number of aryl methyl sites for hydroxylation is 2. The molecule has 1 atom stereocenters. The molecule has 1 fully saturated rings. The fourth-order valence-corrected chi connectivity index (χ4v) is 4.82. The summed E-state index contributed by atoms with van der Waals surface area (Å²) >= 11 is 0. The van der Waals surface area contributed by atoms with E-state index in [0.29, 0.717) is 30.2 Å². The number of hydrogen-bond donors (Lipinski definition) is 0. The summed E-state index contributed by atoms with van der Waals surface area (Å²) in [5, 5.41) is 17.5. The van der Waals surface area contributed by atoms with Crippen molar-refractivity contribution < 1.29 is 4.79 Å². The monoisotopic (exact) mass is 459 g/mol. The number of rotatable bonds is 6. The van der Waals surface area contributed by atoms with Crippen molar-refractivity contribution in [3.63, 3.8) is 0 Å². The third-order valence-corrected chi connectivity index (χ3v) is 6.66. The summed E-state index contributed by atoms with van der Waals surface area (Å²) in [5.74, 6) is 2.23. The van der Waals surface area contributed by atoms with E-state index in [2.05, 4.69) is 39.6 Å². The Balaban J connectivity index is 0.00000274. The molecule has 0 radical (unpaired) electrons. The molecule has 1 saturated heterocycles. The van der Waals surface area contributed by atoms with Crippen molar-refractivity contribution >= 4 is 11.6 Å². The van der Waals surface area contributed by atoms with Gasteiger partial charge in [-0.3, -0.25) is 4.79 Å². The molecule has 0 N–H and O–H groups in total. The summed E-state index contributed by atoms with van der Waals surface area (Å²) < 4.78 is 3.56. The third kappa shape index (κ3) is 4.58. The van der Waals surface area contributed by atoms with E-state index in [-0.39, 0.29) is 13.3 Å². The van der Waals surface area contributed by atoms with Crippen molar-refractivity contribution in [1.29, 1.82) is 0 Å². The van der Waals surface area contributed by atoms with Gasteiger partial charge in [-0.1, -0.05) is 37.8 Å². The van der Waals surface area contributed by atoms with E-state index in [9.17, 15) is 4.79 Å². The largest absolute Gasteiger partial charge is 0.342 e. The Morgan fingerprint density at radius 3 is 2.62 bits per heavy atom. The average molecular weight is 460 g/mol. The van der Waals surface area contributed by atoms with E-state index in [1.807, 2.05) is 48.6 Å². The summed E-state index contributed by atoms with van der Waals surface area (Å²) in [6, 6.07) is 14.3. The number of fused-ring (bicyclic) bond motifs is 1. The number of amides is 1. The number of likely N-dealkylation sites (tertiary alicyclic amines) is 1. The molecule has 5 rings (SSSR count). The van der Waals surface area contributed by atoms with Gasteiger partial charge in [0.05, 0.1) is 5.69 Å². The van der Waals surface area contributed by atoms with Crippen LogP contribution in [0.25, 0.3) is 11.5 Å². The predicted octanol–water partition coefficient (Wildman–Crippen LogP) is 3.90. The summed E-state index contributed by atoms with van der Waals surface area (Å²) in [7, 11) is 0. The van der Waals surface area contributed by atoms with E-state index in [1.165, 1.54) is 5.56 Å². The van der Waals surface area contributed by atoms with Crippen LogP contribution in [0.1, 0.15) is 48.6 Å². The van der Waals surface area contributed by atoms with Crippen molar-refractivity contribution in [3.8, 4) is 5.82 Å². The minimum absolute atomic E-state index is 0. The van der Waals surface area contributed by atoms with Gasteiger partial charge >= 0.3 is 0 Å². The van der Waals surface area contributed by atoms with Gasteiger partial charge in [0.15, 0.2) is 17.3 Å². The number of aromatic nitrogens is 6. The normalized spacial score (nSPS) is 15.6. The minimum Gasteiger partial charge on any atom is -0.342 e. The molecule has 4 aromatic rings.